The number of nitrogens with one attached hydrogen (secondary N) is 1. The van der Waals surface area contributed by atoms with E-state index in [2.05, 4.69) is 75.5 Å². The molecule has 2 aromatic heterocycles. The molecule has 164 valence electrons. The Labute approximate surface area is 190 Å². The molecule has 1 N–H and O–H groups in total. The minimum absolute atomic E-state index is 0.125. The zero-order chi connectivity index (χ0) is 22.0. The van der Waals surface area contributed by atoms with Crippen LogP contribution in [-0.4, -0.2) is 22.0 Å². The van der Waals surface area contributed by atoms with Gasteiger partial charge < -0.3 is 9.88 Å². The predicted molar refractivity (Wildman–Crippen MR) is 131 cm³/mol. The Morgan fingerprint density at radius 2 is 1.69 bits per heavy atom. The maximum absolute atomic E-state index is 12.0. The van der Waals surface area contributed by atoms with Crippen molar-refractivity contribution in [3.8, 4) is 11.3 Å². The van der Waals surface area contributed by atoms with Gasteiger partial charge in [-0.2, -0.15) is 0 Å². The van der Waals surface area contributed by atoms with Gasteiger partial charge in [-0.25, -0.2) is 0 Å². The van der Waals surface area contributed by atoms with Crippen molar-refractivity contribution in [3.05, 3.63) is 90.8 Å². The van der Waals surface area contributed by atoms with Crippen LogP contribution in [0.15, 0.2) is 85.2 Å². The third-order valence-electron chi connectivity index (χ3n) is 5.87. The summed E-state index contributed by atoms with van der Waals surface area (Å²) < 4.78 is 2.45. The normalized spacial score (nSPS) is 11.0. The quantitative estimate of drug-likeness (QED) is 0.299. The molecule has 0 aliphatic carbocycles. The molecule has 2 aromatic carbocycles. The van der Waals surface area contributed by atoms with E-state index in [1.54, 1.807) is 6.20 Å². The number of fused-ring (bicyclic) bond motifs is 1. The monoisotopic (exact) mass is 425 g/mol. The van der Waals surface area contributed by atoms with E-state index in [1.165, 1.54) is 22.2 Å². The second-order valence-electron chi connectivity index (χ2n) is 8.23. The highest BCUT2D eigenvalue weighted by molar-refractivity contribution is 5.87. The van der Waals surface area contributed by atoms with Gasteiger partial charge in [-0.1, -0.05) is 67.4 Å². The van der Waals surface area contributed by atoms with Crippen molar-refractivity contribution < 1.29 is 4.79 Å². The number of carbonyl (C=O) groups excluding carboxylic acids is 1. The third kappa shape index (κ3) is 5.85. The lowest BCUT2D eigenvalue weighted by Gasteiger charge is -2.11. The highest BCUT2D eigenvalue weighted by Crippen LogP contribution is 2.28. The van der Waals surface area contributed by atoms with E-state index < -0.39 is 0 Å². The van der Waals surface area contributed by atoms with Crippen molar-refractivity contribution in [1.82, 2.24) is 14.9 Å². The van der Waals surface area contributed by atoms with Gasteiger partial charge in [0.15, 0.2) is 0 Å². The Morgan fingerprint density at radius 1 is 0.875 bits per heavy atom. The Kier molecular flexibility index (Phi) is 7.69. The Bertz CT molecular complexity index is 1120. The van der Waals surface area contributed by atoms with E-state index in [-0.39, 0.29) is 5.91 Å². The Morgan fingerprint density at radius 3 is 2.53 bits per heavy atom. The molecule has 32 heavy (non-hydrogen) atoms. The number of amides is 1. The number of hydrogen-bond acceptors (Lipinski definition) is 2. The third-order valence-corrected chi connectivity index (χ3v) is 5.87. The van der Waals surface area contributed by atoms with Crippen molar-refractivity contribution in [2.75, 3.05) is 6.54 Å². The van der Waals surface area contributed by atoms with Crippen LogP contribution in [0.3, 0.4) is 0 Å². The van der Waals surface area contributed by atoms with Gasteiger partial charge in [0.05, 0.1) is 0 Å². The fourth-order valence-corrected chi connectivity index (χ4v) is 4.17. The van der Waals surface area contributed by atoms with Crippen LogP contribution >= 0.6 is 0 Å². The maximum Gasteiger partial charge on any atom is 0.220 e. The number of pyridine rings is 1. The predicted octanol–water partition coefficient (Wildman–Crippen LogP) is 6.01. The van der Waals surface area contributed by atoms with Crippen molar-refractivity contribution in [2.24, 2.45) is 0 Å². The molecule has 1 amide bonds. The number of aryl methyl sites for hydroxylation is 2. The molecule has 0 spiro atoms. The SMILES string of the molecule is O=C(CCc1cccnc1)NCCCCCCn1c(-c2ccccc2)cc2ccccc21. The second-order valence-corrected chi connectivity index (χ2v) is 8.23. The van der Waals surface area contributed by atoms with Crippen LogP contribution in [0.2, 0.25) is 0 Å². The summed E-state index contributed by atoms with van der Waals surface area (Å²) in [5.41, 5.74) is 4.95. The zero-order valence-corrected chi connectivity index (χ0v) is 18.5. The molecular weight excluding hydrogens is 394 g/mol. The van der Waals surface area contributed by atoms with E-state index in [0.717, 1.165) is 50.8 Å². The molecule has 0 aliphatic rings. The van der Waals surface area contributed by atoms with E-state index >= 15 is 0 Å². The number of nitrogens with zero attached hydrogens (tertiary/aromatic N) is 2. The number of hydrogen-bond donors (Lipinski definition) is 1. The number of benzene rings is 2. The molecule has 0 fully saturated rings. The van der Waals surface area contributed by atoms with Crippen LogP contribution in [0.4, 0.5) is 0 Å². The number of unbranched alkanes of at least 4 members (excludes halogenated alkanes) is 3. The van der Waals surface area contributed by atoms with E-state index in [4.69, 9.17) is 0 Å². The summed E-state index contributed by atoms with van der Waals surface area (Å²) in [4.78, 5) is 16.1. The van der Waals surface area contributed by atoms with Gasteiger partial charge in [0.25, 0.3) is 0 Å². The Hall–Kier alpha value is -3.40. The fraction of sp³-hybridized carbons (Fsp3) is 0.286. The van der Waals surface area contributed by atoms with Crippen LogP contribution in [0, 0.1) is 0 Å². The van der Waals surface area contributed by atoms with Crippen LogP contribution in [-0.2, 0) is 17.8 Å². The lowest BCUT2D eigenvalue weighted by molar-refractivity contribution is -0.121. The highest BCUT2D eigenvalue weighted by Gasteiger charge is 2.10. The summed E-state index contributed by atoms with van der Waals surface area (Å²) >= 11 is 0. The number of rotatable bonds is 11. The molecule has 0 saturated carbocycles. The summed E-state index contributed by atoms with van der Waals surface area (Å²) in [6, 6.07) is 25.5. The molecule has 0 bridgehead atoms. The second kappa shape index (κ2) is 11.3. The first kappa shape index (κ1) is 21.8. The van der Waals surface area contributed by atoms with Crippen molar-refractivity contribution in [2.45, 2.75) is 45.1 Å². The standard InChI is InChI=1S/C28H31N3O/c32-28(17-16-23-11-10-18-29-22-23)30-19-8-1-2-9-20-31-26-15-7-6-14-25(26)21-27(31)24-12-4-3-5-13-24/h3-7,10-15,18,21-22H,1-2,8-9,16-17,19-20H2,(H,30,32). The lowest BCUT2D eigenvalue weighted by Crippen LogP contribution is -2.24. The first-order chi connectivity index (χ1) is 15.8. The molecule has 4 nitrogen and oxygen atoms in total. The molecule has 0 atom stereocenters. The van der Waals surface area contributed by atoms with Gasteiger partial charge in [0, 0.05) is 48.5 Å². The molecular formula is C28H31N3O. The van der Waals surface area contributed by atoms with E-state index in [1.807, 2.05) is 18.3 Å². The van der Waals surface area contributed by atoms with Crippen molar-refractivity contribution >= 4 is 16.8 Å². The van der Waals surface area contributed by atoms with Gasteiger partial charge in [-0.05, 0) is 48.6 Å². The van der Waals surface area contributed by atoms with Crippen LogP contribution in [0.1, 0.15) is 37.7 Å². The first-order valence-electron chi connectivity index (χ1n) is 11.6. The summed E-state index contributed by atoms with van der Waals surface area (Å²) in [5.74, 6) is 0.125. The summed E-state index contributed by atoms with van der Waals surface area (Å²) in [5, 5.41) is 4.34. The summed E-state index contributed by atoms with van der Waals surface area (Å²) in [7, 11) is 0. The molecule has 0 saturated heterocycles. The molecule has 0 unspecified atom stereocenters. The fourth-order valence-electron chi connectivity index (χ4n) is 4.17. The van der Waals surface area contributed by atoms with Gasteiger partial charge >= 0.3 is 0 Å². The van der Waals surface area contributed by atoms with Crippen molar-refractivity contribution in [1.29, 1.82) is 0 Å². The first-order valence-corrected chi connectivity index (χ1v) is 11.6. The summed E-state index contributed by atoms with van der Waals surface area (Å²) in [6.07, 6.45) is 9.29. The number of para-hydroxylation sites is 1. The van der Waals surface area contributed by atoms with E-state index in [9.17, 15) is 4.79 Å². The molecule has 4 aromatic rings. The maximum atomic E-state index is 12.0. The van der Waals surface area contributed by atoms with Crippen LogP contribution in [0.25, 0.3) is 22.2 Å². The average molecular weight is 426 g/mol. The van der Waals surface area contributed by atoms with Crippen molar-refractivity contribution in [3.63, 3.8) is 0 Å². The van der Waals surface area contributed by atoms with Crippen LogP contribution in [0.5, 0.6) is 0 Å². The minimum atomic E-state index is 0.125. The molecule has 2 heterocycles. The largest absolute Gasteiger partial charge is 0.356 e. The average Bonchev–Trinajstić information content (AvgIpc) is 3.22. The highest BCUT2D eigenvalue weighted by atomic mass is 16.1. The molecule has 0 radical (unpaired) electrons. The number of carbonyl (C=O) groups is 1. The molecule has 0 aliphatic heterocycles. The summed E-state index contributed by atoms with van der Waals surface area (Å²) in [6.45, 7) is 1.77. The van der Waals surface area contributed by atoms with Gasteiger partial charge in [0.1, 0.15) is 0 Å². The number of aromatic nitrogens is 2. The minimum Gasteiger partial charge on any atom is -0.356 e. The zero-order valence-electron chi connectivity index (χ0n) is 18.5. The Balaban J connectivity index is 1.20. The lowest BCUT2D eigenvalue weighted by atomic mass is 10.1. The van der Waals surface area contributed by atoms with Crippen LogP contribution < -0.4 is 5.32 Å². The smallest absolute Gasteiger partial charge is 0.220 e. The topological polar surface area (TPSA) is 46.9 Å². The van der Waals surface area contributed by atoms with E-state index in [0.29, 0.717) is 6.42 Å². The van der Waals surface area contributed by atoms with Gasteiger partial charge in [0.2, 0.25) is 5.91 Å². The van der Waals surface area contributed by atoms with Gasteiger partial charge in [-0.3, -0.25) is 9.78 Å². The van der Waals surface area contributed by atoms with Gasteiger partial charge in [-0.15, -0.1) is 0 Å². The molecule has 4 rings (SSSR count). The molecule has 4 heteroatoms.